The topological polar surface area (TPSA) is 34.1 Å². The van der Waals surface area contributed by atoms with Crippen LogP contribution in [0.1, 0.15) is 12.8 Å². The van der Waals surface area contributed by atoms with Gasteiger partial charge < -0.3 is 10.1 Å². The number of ether oxygens (including phenoxy) is 1. The third kappa shape index (κ3) is 2.67. The Morgan fingerprint density at radius 1 is 1.54 bits per heavy atom. The van der Waals surface area contributed by atoms with Crippen molar-refractivity contribution >= 4 is 11.3 Å². The Balaban J connectivity index is 1.72. The van der Waals surface area contributed by atoms with Gasteiger partial charge in [-0.25, -0.2) is 4.98 Å². The fourth-order valence-corrected chi connectivity index (χ4v) is 2.02. The molecule has 13 heavy (non-hydrogen) atoms. The molecule has 1 N–H and O–H groups in total. The molecule has 0 saturated carbocycles. The van der Waals surface area contributed by atoms with E-state index in [0.717, 1.165) is 24.9 Å². The molecular formula is C9H14N2OS. The minimum absolute atomic E-state index is 0.713. The van der Waals surface area contributed by atoms with E-state index in [2.05, 4.69) is 10.3 Å². The highest BCUT2D eigenvalue weighted by Gasteiger charge is 2.13. The van der Waals surface area contributed by atoms with Gasteiger partial charge in [-0.05, 0) is 31.8 Å². The monoisotopic (exact) mass is 198 g/mol. The number of rotatable bonds is 3. The molecule has 2 heterocycles. The molecule has 3 nitrogen and oxygen atoms in total. The van der Waals surface area contributed by atoms with Gasteiger partial charge in [-0.2, -0.15) is 0 Å². The van der Waals surface area contributed by atoms with Crippen LogP contribution in [0.5, 0.6) is 5.19 Å². The van der Waals surface area contributed by atoms with Gasteiger partial charge in [-0.1, -0.05) is 11.3 Å². The first-order valence-electron chi connectivity index (χ1n) is 4.68. The maximum atomic E-state index is 5.57. The highest BCUT2D eigenvalue weighted by molar-refractivity contribution is 7.11. The van der Waals surface area contributed by atoms with Gasteiger partial charge in [0.1, 0.15) is 0 Å². The van der Waals surface area contributed by atoms with E-state index >= 15 is 0 Å². The number of nitrogens with zero attached hydrogens (tertiary/aromatic N) is 1. The maximum absolute atomic E-state index is 5.57. The van der Waals surface area contributed by atoms with Gasteiger partial charge in [0.25, 0.3) is 5.19 Å². The Bertz CT molecular complexity index is 232. The van der Waals surface area contributed by atoms with E-state index in [1.54, 1.807) is 17.5 Å². The normalized spacial score (nSPS) is 18.8. The summed E-state index contributed by atoms with van der Waals surface area (Å²) < 4.78 is 5.57. The number of thiazole rings is 1. The van der Waals surface area contributed by atoms with Gasteiger partial charge in [0.15, 0.2) is 0 Å². The summed E-state index contributed by atoms with van der Waals surface area (Å²) in [5.74, 6) is 0.713. The standard InChI is InChI=1S/C9H14N2OS/c1-3-10-4-2-8(1)7-12-9-11-5-6-13-9/h5-6,8,10H,1-4,7H2. The van der Waals surface area contributed by atoms with Crippen LogP contribution in [-0.4, -0.2) is 24.7 Å². The number of hydrogen-bond acceptors (Lipinski definition) is 4. The molecule has 0 spiro atoms. The second-order valence-corrected chi connectivity index (χ2v) is 4.16. The van der Waals surface area contributed by atoms with Crippen LogP contribution in [0.2, 0.25) is 0 Å². The van der Waals surface area contributed by atoms with Crippen molar-refractivity contribution < 1.29 is 4.74 Å². The first kappa shape index (κ1) is 8.97. The van der Waals surface area contributed by atoms with Crippen LogP contribution in [0.3, 0.4) is 0 Å². The quantitative estimate of drug-likeness (QED) is 0.799. The molecule has 0 radical (unpaired) electrons. The van der Waals surface area contributed by atoms with Crippen molar-refractivity contribution in [1.82, 2.24) is 10.3 Å². The Labute approximate surface area is 82.1 Å². The molecule has 4 heteroatoms. The van der Waals surface area contributed by atoms with Crippen LogP contribution in [0.4, 0.5) is 0 Å². The average molecular weight is 198 g/mol. The first-order valence-corrected chi connectivity index (χ1v) is 5.56. The van der Waals surface area contributed by atoms with E-state index in [-0.39, 0.29) is 0 Å². The number of piperidine rings is 1. The summed E-state index contributed by atoms with van der Waals surface area (Å²) in [7, 11) is 0. The molecule has 1 aromatic heterocycles. The Morgan fingerprint density at radius 3 is 3.08 bits per heavy atom. The lowest BCUT2D eigenvalue weighted by Crippen LogP contribution is -2.30. The predicted octanol–water partition coefficient (Wildman–Crippen LogP) is 1.52. The van der Waals surface area contributed by atoms with Crippen LogP contribution < -0.4 is 10.1 Å². The van der Waals surface area contributed by atoms with Crippen molar-refractivity contribution in [2.75, 3.05) is 19.7 Å². The van der Waals surface area contributed by atoms with E-state index in [9.17, 15) is 0 Å². The van der Waals surface area contributed by atoms with Crippen LogP contribution in [0.15, 0.2) is 11.6 Å². The molecule has 0 unspecified atom stereocenters. The summed E-state index contributed by atoms with van der Waals surface area (Å²) in [5.41, 5.74) is 0. The minimum atomic E-state index is 0.713. The Kier molecular flexibility index (Phi) is 3.16. The first-order chi connectivity index (χ1) is 6.45. The van der Waals surface area contributed by atoms with Crippen LogP contribution in [-0.2, 0) is 0 Å². The van der Waals surface area contributed by atoms with E-state index < -0.39 is 0 Å². The summed E-state index contributed by atoms with van der Waals surface area (Å²) in [6.45, 7) is 3.09. The average Bonchev–Trinajstić information content (AvgIpc) is 2.69. The zero-order valence-corrected chi connectivity index (χ0v) is 8.35. The van der Waals surface area contributed by atoms with Crippen molar-refractivity contribution in [1.29, 1.82) is 0 Å². The fourth-order valence-electron chi connectivity index (χ4n) is 1.52. The van der Waals surface area contributed by atoms with Gasteiger partial charge in [0.05, 0.1) is 6.61 Å². The predicted molar refractivity (Wildman–Crippen MR) is 53.2 cm³/mol. The van der Waals surface area contributed by atoms with Gasteiger partial charge >= 0.3 is 0 Å². The molecule has 0 aliphatic carbocycles. The Morgan fingerprint density at radius 2 is 2.38 bits per heavy atom. The lowest BCUT2D eigenvalue weighted by Gasteiger charge is -2.21. The number of aromatic nitrogens is 1. The second kappa shape index (κ2) is 4.58. The molecule has 0 amide bonds. The van der Waals surface area contributed by atoms with E-state index in [4.69, 9.17) is 4.74 Å². The van der Waals surface area contributed by atoms with Crippen molar-refractivity contribution in [3.05, 3.63) is 11.6 Å². The van der Waals surface area contributed by atoms with Crippen molar-refractivity contribution in [3.63, 3.8) is 0 Å². The van der Waals surface area contributed by atoms with Gasteiger partial charge in [0.2, 0.25) is 0 Å². The Hall–Kier alpha value is -0.610. The van der Waals surface area contributed by atoms with E-state index in [1.807, 2.05) is 5.38 Å². The molecule has 1 aliphatic rings. The highest BCUT2D eigenvalue weighted by Crippen LogP contribution is 2.17. The van der Waals surface area contributed by atoms with Crippen molar-refractivity contribution in [3.8, 4) is 5.19 Å². The molecule has 0 bridgehead atoms. The highest BCUT2D eigenvalue weighted by atomic mass is 32.1. The summed E-state index contributed by atoms with van der Waals surface area (Å²) in [4.78, 5) is 4.08. The summed E-state index contributed by atoms with van der Waals surface area (Å²) >= 11 is 1.56. The molecule has 1 saturated heterocycles. The minimum Gasteiger partial charge on any atom is -0.470 e. The smallest absolute Gasteiger partial charge is 0.273 e. The fraction of sp³-hybridized carbons (Fsp3) is 0.667. The second-order valence-electron chi connectivity index (χ2n) is 3.30. The lowest BCUT2D eigenvalue weighted by atomic mass is 9.99. The summed E-state index contributed by atoms with van der Waals surface area (Å²) in [6.07, 6.45) is 4.24. The van der Waals surface area contributed by atoms with Crippen LogP contribution in [0, 0.1) is 5.92 Å². The molecule has 0 aromatic carbocycles. The molecular weight excluding hydrogens is 184 g/mol. The summed E-state index contributed by atoms with van der Waals surface area (Å²) in [6, 6.07) is 0. The third-order valence-corrected chi connectivity index (χ3v) is 2.99. The molecule has 1 aliphatic heterocycles. The van der Waals surface area contributed by atoms with Crippen LogP contribution >= 0.6 is 11.3 Å². The van der Waals surface area contributed by atoms with Crippen molar-refractivity contribution in [2.45, 2.75) is 12.8 Å². The lowest BCUT2D eigenvalue weighted by molar-refractivity contribution is 0.214. The number of hydrogen-bond donors (Lipinski definition) is 1. The SMILES string of the molecule is c1csc(OCC2CCNCC2)n1. The molecule has 2 rings (SSSR count). The molecule has 0 atom stereocenters. The van der Waals surface area contributed by atoms with Crippen LogP contribution in [0.25, 0.3) is 0 Å². The van der Waals surface area contributed by atoms with E-state index in [1.165, 1.54) is 12.8 Å². The zero-order valence-electron chi connectivity index (χ0n) is 7.53. The van der Waals surface area contributed by atoms with E-state index in [0.29, 0.717) is 5.92 Å². The molecule has 1 fully saturated rings. The van der Waals surface area contributed by atoms with Gasteiger partial charge in [-0.15, -0.1) is 0 Å². The molecule has 1 aromatic rings. The third-order valence-electron chi connectivity index (χ3n) is 2.31. The van der Waals surface area contributed by atoms with Crippen molar-refractivity contribution in [2.24, 2.45) is 5.92 Å². The molecule has 72 valence electrons. The largest absolute Gasteiger partial charge is 0.470 e. The maximum Gasteiger partial charge on any atom is 0.273 e. The summed E-state index contributed by atoms with van der Waals surface area (Å²) in [5, 5.41) is 6.09. The number of nitrogens with one attached hydrogen (secondary N) is 1. The van der Waals surface area contributed by atoms with Gasteiger partial charge in [-0.3, -0.25) is 0 Å². The zero-order chi connectivity index (χ0) is 8.93. The van der Waals surface area contributed by atoms with Gasteiger partial charge in [0, 0.05) is 11.6 Å².